The van der Waals surface area contributed by atoms with Crippen LogP contribution in [-0.2, 0) is 17.8 Å². The molecule has 6 rings (SSSR count). The van der Waals surface area contributed by atoms with Crippen LogP contribution in [0.2, 0.25) is 0 Å². The van der Waals surface area contributed by atoms with Gasteiger partial charge in [-0.05, 0) is 42.0 Å². The Hall–Kier alpha value is -4.49. The molecular weight excluding hydrogens is 580 g/mol. The van der Waals surface area contributed by atoms with Crippen molar-refractivity contribution in [3.05, 3.63) is 82.1 Å². The second-order valence-electron chi connectivity index (χ2n) is 10.8. The van der Waals surface area contributed by atoms with Crippen molar-refractivity contribution >= 4 is 28.3 Å². The summed E-state index contributed by atoms with van der Waals surface area (Å²) in [5.41, 5.74) is 1.27. The van der Waals surface area contributed by atoms with Gasteiger partial charge < -0.3 is 23.9 Å². The lowest BCUT2D eigenvalue weighted by molar-refractivity contribution is 0.0697. The van der Waals surface area contributed by atoms with Gasteiger partial charge in [-0.1, -0.05) is 36.3 Å². The van der Waals surface area contributed by atoms with Crippen LogP contribution in [0.1, 0.15) is 46.6 Å². The van der Waals surface area contributed by atoms with Crippen molar-refractivity contribution in [2.75, 3.05) is 20.3 Å². The van der Waals surface area contributed by atoms with Gasteiger partial charge in [-0.25, -0.2) is 23.5 Å². The van der Waals surface area contributed by atoms with Crippen molar-refractivity contribution < 1.29 is 32.9 Å². The fraction of sp³-hybridized carbons (Fsp3) is 0.300. The molecule has 1 N–H and O–H groups in total. The molecule has 0 saturated carbocycles. The summed E-state index contributed by atoms with van der Waals surface area (Å²) < 4.78 is 49.5. The zero-order valence-corrected chi connectivity index (χ0v) is 24.3. The molecule has 10 nitrogen and oxygen atoms in total. The van der Waals surface area contributed by atoms with Crippen molar-refractivity contribution in [2.24, 2.45) is 5.41 Å². The molecule has 4 heterocycles. The number of nitrogens with zero attached hydrogens (tertiary/aromatic N) is 5. The van der Waals surface area contributed by atoms with Crippen LogP contribution in [0, 0.1) is 17.0 Å². The summed E-state index contributed by atoms with van der Waals surface area (Å²) in [7, 11) is 1.49. The number of hydrogen-bond donors (Lipinski definition) is 1. The molecule has 0 spiro atoms. The Labute approximate surface area is 248 Å². The number of methoxy groups -OCH3 is 1. The van der Waals surface area contributed by atoms with Gasteiger partial charge in [0, 0.05) is 23.5 Å². The smallest absolute Gasteiger partial charge is 0.335 e. The highest BCUT2D eigenvalue weighted by Gasteiger charge is 2.39. The fourth-order valence-electron chi connectivity index (χ4n) is 5.18. The van der Waals surface area contributed by atoms with E-state index in [2.05, 4.69) is 15.2 Å². The number of hydrogen-bond acceptors (Lipinski definition) is 9. The summed E-state index contributed by atoms with van der Waals surface area (Å²) in [5.74, 6) is -1.65. The van der Waals surface area contributed by atoms with Gasteiger partial charge in [0.05, 0.1) is 48.7 Å². The van der Waals surface area contributed by atoms with Gasteiger partial charge in [0.2, 0.25) is 5.88 Å². The van der Waals surface area contributed by atoms with Gasteiger partial charge in [-0.2, -0.15) is 0 Å². The highest BCUT2D eigenvalue weighted by Crippen LogP contribution is 2.40. The van der Waals surface area contributed by atoms with Crippen molar-refractivity contribution in [1.82, 2.24) is 24.7 Å². The van der Waals surface area contributed by atoms with E-state index in [1.54, 1.807) is 30.3 Å². The number of carbonyl (C=O) groups is 1. The molecule has 0 amide bonds. The van der Waals surface area contributed by atoms with Crippen molar-refractivity contribution in [3.8, 4) is 22.3 Å². The number of imidazole rings is 1. The molecule has 222 valence electrons. The van der Waals surface area contributed by atoms with Gasteiger partial charge in [0.1, 0.15) is 24.1 Å². The number of aromatic nitrogens is 5. The molecule has 0 radical (unpaired) electrons. The maximum atomic E-state index is 15.6. The summed E-state index contributed by atoms with van der Waals surface area (Å²) in [6.45, 7) is 5.07. The van der Waals surface area contributed by atoms with Crippen LogP contribution in [0.3, 0.4) is 0 Å². The number of halogens is 2. The molecule has 1 atom stereocenters. The molecule has 2 aromatic carbocycles. The third-order valence-corrected chi connectivity index (χ3v) is 8.28. The zero-order valence-electron chi connectivity index (χ0n) is 23.5. The molecule has 43 heavy (non-hydrogen) atoms. The monoisotopic (exact) mass is 607 g/mol. The Kier molecular flexibility index (Phi) is 7.52. The van der Waals surface area contributed by atoms with Crippen LogP contribution in [0.4, 0.5) is 8.78 Å². The molecule has 1 aliphatic heterocycles. The van der Waals surface area contributed by atoms with Crippen LogP contribution in [-0.4, -0.2) is 56.1 Å². The third-order valence-electron chi connectivity index (χ3n) is 7.42. The minimum atomic E-state index is -1.06. The fourth-order valence-corrected chi connectivity index (χ4v) is 5.74. The van der Waals surface area contributed by atoms with Crippen LogP contribution in [0.25, 0.3) is 22.3 Å². The highest BCUT2D eigenvalue weighted by atomic mass is 32.1. The van der Waals surface area contributed by atoms with Gasteiger partial charge >= 0.3 is 5.97 Å². The molecule has 0 aliphatic carbocycles. The molecule has 0 unspecified atom stereocenters. The number of rotatable bonds is 9. The highest BCUT2D eigenvalue weighted by molar-refractivity contribution is 7.13. The average molecular weight is 608 g/mol. The second-order valence-corrected chi connectivity index (χ2v) is 11.9. The topological polar surface area (TPSA) is 121 Å². The average Bonchev–Trinajstić information content (AvgIpc) is 3.69. The van der Waals surface area contributed by atoms with E-state index in [1.165, 1.54) is 24.5 Å². The van der Waals surface area contributed by atoms with Crippen molar-refractivity contribution in [1.29, 1.82) is 0 Å². The lowest BCUT2D eigenvalue weighted by atomic mass is 9.87. The minimum absolute atomic E-state index is 0.0192. The number of carboxylic acids is 1. The number of pyridine rings is 1. The lowest BCUT2D eigenvalue weighted by Crippen LogP contribution is -2.27. The summed E-state index contributed by atoms with van der Waals surface area (Å²) in [6.07, 6.45) is -0.0193. The third kappa shape index (κ3) is 5.65. The van der Waals surface area contributed by atoms with E-state index in [0.717, 1.165) is 12.1 Å². The summed E-state index contributed by atoms with van der Waals surface area (Å²) in [5, 5.41) is 18.4. The predicted molar refractivity (Wildman–Crippen MR) is 154 cm³/mol. The molecular formula is C30H27F2N5O5S. The SMILES string of the molecule is COc1nnc(COc2cccc(-c3cc(F)c(Cc4nc5ccc(C(=O)O)cc5n4[C@@H]4COCC4(C)C)cc3F)n2)s1. The first-order valence-electron chi connectivity index (χ1n) is 13.4. The number of carboxylic acid groups (broad SMARTS) is 1. The van der Waals surface area contributed by atoms with E-state index in [9.17, 15) is 9.90 Å². The first kappa shape index (κ1) is 28.6. The molecule has 3 aromatic heterocycles. The molecule has 13 heteroatoms. The van der Waals surface area contributed by atoms with Crippen molar-refractivity contribution in [3.63, 3.8) is 0 Å². The molecule has 1 saturated heterocycles. The minimum Gasteiger partial charge on any atom is -0.478 e. The summed E-state index contributed by atoms with van der Waals surface area (Å²) in [6, 6.07) is 11.6. The predicted octanol–water partition coefficient (Wildman–Crippen LogP) is 5.70. The number of fused-ring (bicyclic) bond motifs is 1. The van der Waals surface area contributed by atoms with Gasteiger partial charge in [0.15, 0.2) is 5.01 Å². The first-order chi connectivity index (χ1) is 20.6. The quantitative estimate of drug-likeness (QED) is 0.225. The Bertz CT molecular complexity index is 1840. The summed E-state index contributed by atoms with van der Waals surface area (Å²) >= 11 is 1.22. The van der Waals surface area contributed by atoms with E-state index in [4.69, 9.17) is 19.2 Å². The number of aromatic carboxylic acids is 1. The van der Waals surface area contributed by atoms with Gasteiger partial charge in [-0.3, -0.25) is 0 Å². The zero-order chi connectivity index (χ0) is 30.3. The van der Waals surface area contributed by atoms with E-state index >= 15 is 8.78 Å². The molecule has 5 aromatic rings. The van der Waals surface area contributed by atoms with Crippen LogP contribution in [0.15, 0.2) is 48.5 Å². The Balaban J connectivity index is 1.31. The standard InChI is InChI=1S/C30H27F2N5O5S/c1-30(2)15-41-13-24(30)37-23-10-16(28(38)39)7-8-22(23)33-25(37)11-17-9-20(32)18(12-19(17)31)21-5-4-6-26(34-21)42-14-27-35-36-29(40-3)43-27/h4-10,12,24H,11,13-15H2,1-3H3,(H,38,39)/t24-/m1/s1. The van der Waals surface area contributed by atoms with E-state index in [-0.39, 0.29) is 52.7 Å². The summed E-state index contributed by atoms with van der Waals surface area (Å²) in [4.78, 5) is 20.8. The Morgan fingerprint density at radius 2 is 1.98 bits per heavy atom. The van der Waals surface area contributed by atoms with Gasteiger partial charge in [0.25, 0.3) is 5.19 Å². The van der Waals surface area contributed by atoms with Crippen LogP contribution in [0.5, 0.6) is 11.1 Å². The Morgan fingerprint density at radius 1 is 1.14 bits per heavy atom. The first-order valence-corrected chi connectivity index (χ1v) is 14.2. The molecule has 0 bridgehead atoms. The van der Waals surface area contributed by atoms with Gasteiger partial charge in [-0.15, -0.1) is 5.10 Å². The maximum Gasteiger partial charge on any atom is 0.335 e. The molecule has 1 aliphatic rings. The maximum absolute atomic E-state index is 15.6. The number of benzene rings is 2. The number of ether oxygens (including phenoxy) is 3. The second kappa shape index (κ2) is 11.3. The van der Waals surface area contributed by atoms with Crippen molar-refractivity contribution in [2.45, 2.75) is 32.9 Å². The normalized spacial score (nSPS) is 16.1. The van der Waals surface area contributed by atoms with E-state index < -0.39 is 17.6 Å². The van der Waals surface area contributed by atoms with E-state index in [1.807, 2.05) is 18.4 Å². The Morgan fingerprint density at radius 3 is 2.70 bits per heavy atom. The lowest BCUT2D eigenvalue weighted by Gasteiger charge is -2.28. The largest absolute Gasteiger partial charge is 0.478 e. The van der Waals surface area contributed by atoms with Crippen LogP contribution < -0.4 is 9.47 Å². The molecule has 1 fully saturated rings. The van der Waals surface area contributed by atoms with Crippen LogP contribution >= 0.6 is 11.3 Å². The van der Waals surface area contributed by atoms with E-state index in [0.29, 0.717) is 40.3 Å².